The number of thiazole rings is 1. The maximum absolute atomic E-state index is 12.6. The average Bonchev–Trinajstić information content (AvgIpc) is 3.53. The van der Waals surface area contributed by atoms with Crippen LogP contribution in [0.3, 0.4) is 0 Å². The van der Waals surface area contributed by atoms with Crippen LogP contribution in [0.1, 0.15) is 44.1 Å². The summed E-state index contributed by atoms with van der Waals surface area (Å²) < 4.78 is 25.0. The van der Waals surface area contributed by atoms with Gasteiger partial charge in [0, 0.05) is 36.8 Å². The molecule has 2 aromatic rings. The second-order valence-corrected chi connectivity index (χ2v) is 11.4. The second-order valence-electron chi connectivity index (χ2n) is 8.43. The van der Waals surface area contributed by atoms with E-state index in [4.69, 9.17) is 5.73 Å². The number of benzene rings is 1. The van der Waals surface area contributed by atoms with Crippen molar-refractivity contribution in [1.29, 1.82) is 0 Å². The van der Waals surface area contributed by atoms with Gasteiger partial charge in [-0.15, -0.1) is 0 Å². The van der Waals surface area contributed by atoms with E-state index in [1.165, 1.54) is 22.5 Å². The third-order valence-corrected chi connectivity index (χ3v) is 8.11. The van der Waals surface area contributed by atoms with Gasteiger partial charge in [0.15, 0.2) is 15.0 Å². The van der Waals surface area contributed by atoms with Crippen molar-refractivity contribution in [2.45, 2.75) is 49.5 Å². The molecule has 0 bridgehead atoms. The highest BCUT2D eigenvalue weighted by Gasteiger charge is 2.33. The van der Waals surface area contributed by atoms with Crippen LogP contribution in [0.5, 0.6) is 0 Å². The fourth-order valence-corrected chi connectivity index (χ4v) is 6.12. The summed E-state index contributed by atoms with van der Waals surface area (Å²) in [5.74, 6) is -0.712. The van der Waals surface area contributed by atoms with Crippen LogP contribution in [0.25, 0.3) is 10.4 Å². The van der Waals surface area contributed by atoms with Gasteiger partial charge in [-0.2, -0.15) is 0 Å². The number of hydrogen-bond acceptors (Lipinski definition) is 7. The van der Waals surface area contributed by atoms with Crippen LogP contribution in [0.15, 0.2) is 46.6 Å². The summed E-state index contributed by atoms with van der Waals surface area (Å²) in [5, 5.41) is 3.14. The third-order valence-electron chi connectivity index (χ3n) is 5.97. The predicted molar refractivity (Wildman–Crippen MR) is 133 cm³/mol. The number of anilines is 1. The van der Waals surface area contributed by atoms with Crippen molar-refractivity contribution in [3.63, 3.8) is 0 Å². The van der Waals surface area contributed by atoms with Crippen LogP contribution < -0.4 is 11.1 Å². The zero-order chi connectivity index (χ0) is 24.5. The lowest BCUT2D eigenvalue weighted by molar-refractivity contribution is -0.121. The van der Waals surface area contributed by atoms with Crippen molar-refractivity contribution in [2.24, 2.45) is 10.7 Å². The standard InChI is InChI=1S/C23H27N5O4S2/c1-3-5-17-15(9-10-25-17)16-12-14(7-8-20(16)34(2,31)32)19-13-26-22(33-19)27-23(30)28-11-4-6-18(28)21(24)29/h7-10,12-13,15,18H,3-6,11H2,1-2H3,(H2,24,29)(H,26,27,30). The first-order chi connectivity index (χ1) is 16.2. The first kappa shape index (κ1) is 24.1. The highest BCUT2D eigenvalue weighted by molar-refractivity contribution is 7.90. The molecular formula is C23H27N5O4S2. The number of amides is 3. The molecule has 0 aliphatic carbocycles. The molecule has 180 valence electrons. The van der Waals surface area contributed by atoms with E-state index in [9.17, 15) is 18.0 Å². The Morgan fingerprint density at radius 3 is 2.82 bits per heavy atom. The minimum atomic E-state index is -3.44. The number of urea groups is 1. The molecule has 0 saturated carbocycles. The molecule has 2 unspecified atom stereocenters. The van der Waals surface area contributed by atoms with Gasteiger partial charge in [0.2, 0.25) is 5.91 Å². The third kappa shape index (κ3) is 4.90. The van der Waals surface area contributed by atoms with Crippen molar-refractivity contribution >= 4 is 44.0 Å². The molecule has 1 saturated heterocycles. The molecule has 2 aliphatic rings. The highest BCUT2D eigenvalue weighted by atomic mass is 32.2. The van der Waals surface area contributed by atoms with E-state index in [1.54, 1.807) is 24.5 Å². The van der Waals surface area contributed by atoms with Gasteiger partial charge in [-0.3, -0.25) is 15.1 Å². The lowest BCUT2D eigenvalue weighted by Crippen LogP contribution is -2.45. The Morgan fingerprint density at radius 2 is 2.12 bits per heavy atom. The van der Waals surface area contributed by atoms with E-state index in [2.05, 4.69) is 22.2 Å². The van der Waals surface area contributed by atoms with Crippen LogP contribution in [0, 0.1) is 0 Å². The number of primary amides is 1. The van der Waals surface area contributed by atoms with E-state index >= 15 is 0 Å². The van der Waals surface area contributed by atoms with Crippen molar-refractivity contribution < 1.29 is 18.0 Å². The molecule has 34 heavy (non-hydrogen) atoms. The van der Waals surface area contributed by atoms with Crippen molar-refractivity contribution in [1.82, 2.24) is 9.88 Å². The van der Waals surface area contributed by atoms with E-state index in [-0.39, 0.29) is 10.8 Å². The number of rotatable bonds is 7. The fraction of sp³-hybridized carbons (Fsp3) is 0.391. The Balaban J connectivity index is 1.61. The largest absolute Gasteiger partial charge is 0.368 e. The van der Waals surface area contributed by atoms with Gasteiger partial charge in [-0.25, -0.2) is 18.2 Å². The lowest BCUT2D eigenvalue weighted by atomic mass is 9.91. The van der Waals surface area contributed by atoms with Gasteiger partial charge in [0.1, 0.15) is 6.04 Å². The molecule has 11 heteroatoms. The summed E-state index contributed by atoms with van der Waals surface area (Å²) in [6, 6.07) is 4.22. The Kier molecular flexibility index (Phi) is 6.85. The summed E-state index contributed by atoms with van der Waals surface area (Å²) >= 11 is 1.27. The lowest BCUT2D eigenvalue weighted by Gasteiger charge is -2.21. The molecule has 1 aromatic heterocycles. The number of allylic oxidation sites excluding steroid dienone is 1. The van der Waals surface area contributed by atoms with Crippen LogP contribution in [0.2, 0.25) is 0 Å². The fourth-order valence-electron chi connectivity index (χ4n) is 4.39. The zero-order valence-electron chi connectivity index (χ0n) is 19.0. The summed E-state index contributed by atoms with van der Waals surface area (Å²) in [7, 11) is -3.44. The van der Waals surface area contributed by atoms with Gasteiger partial charge in [-0.1, -0.05) is 36.8 Å². The number of aliphatic imine (C=N–C) groups is 1. The van der Waals surface area contributed by atoms with Crippen molar-refractivity contribution in [3.8, 4) is 10.4 Å². The molecule has 0 radical (unpaired) electrons. The summed E-state index contributed by atoms with van der Waals surface area (Å²) in [6.07, 6.45) is 9.47. The first-order valence-electron chi connectivity index (χ1n) is 11.1. The summed E-state index contributed by atoms with van der Waals surface area (Å²) in [5.41, 5.74) is 7.83. The number of nitrogens with two attached hydrogens (primary N) is 1. The molecule has 1 fully saturated rings. The molecule has 1 aromatic carbocycles. The molecular weight excluding hydrogens is 474 g/mol. The predicted octanol–water partition coefficient (Wildman–Crippen LogP) is 3.55. The van der Waals surface area contributed by atoms with Crippen molar-refractivity contribution in [3.05, 3.63) is 42.2 Å². The summed E-state index contributed by atoms with van der Waals surface area (Å²) in [4.78, 5) is 35.5. The highest BCUT2D eigenvalue weighted by Crippen LogP contribution is 2.36. The van der Waals surface area contributed by atoms with E-state index in [0.29, 0.717) is 23.7 Å². The number of likely N-dealkylation sites (tertiary alicyclic amines) is 1. The Labute approximate surface area is 202 Å². The number of aromatic nitrogens is 1. The Bertz CT molecular complexity index is 1280. The number of nitrogens with one attached hydrogen (secondary N) is 1. The molecule has 2 aliphatic heterocycles. The normalized spacial score (nSPS) is 19.9. The van der Waals surface area contributed by atoms with Crippen LogP contribution in [0.4, 0.5) is 9.93 Å². The quantitative estimate of drug-likeness (QED) is 0.598. The number of hydrogen-bond donors (Lipinski definition) is 2. The average molecular weight is 502 g/mol. The van der Waals surface area contributed by atoms with Gasteiger partial charge in [0.05, 0.1) is 9.77 Å². The molecule has 3 heterocycles. The Hall–Kier alpha value is -3.05. The van der Waals surface area contributed by atoms with Gasteiger partial charge in [-0.05, 0) is 42.5 Å². The first-order valence-corrected chi connectivity index (χ1v) is 13.8. The second kappa shape index (κ2) is 9.67. The summed E-state index contributed by atoms with van der Waals surface area (Å²) in [6.45, 7) is 2.53. The van der Waals surface area contributed by atoms with Gasteiger partial charge in [0.25, 0.3) is 0 Å². The molecule has 4 rings (SSSR count). The number of nitrogens with zero attached hydrogens (tertiary/aromatic N) is 3. The van der Waals surface area contributed by atoms with Crippen LogP contribution >= 0.6 is 11.3 Å². The zero-order valence-corrected chi connectivity index (χ0v) is 20.7. The van der Waals surface area contributed by atoms with Gasteiger partial charge < -0.3 is 10.6 Å². The SMILES string of the molecule is CCCC1=NC=CC1c1cc(-c2cnc(NC(=O)N3CCCC3C(N)=O)s2)ccc1S(C)(=O)=O. The molecule has 3 amide bonds. The van der Waals surface area contributed by atoms with E-state index < -0.39 is 27.8 Å². The minimum Gasteiger partial charge on any atom is -0.368 e. The number of sulfone groups is 1. The van der Waals surface area contributed by atoms with Crippen LogP contribution in [-0.4, -0.2) is 54.8 Å². The van der Waals surface area contributed by atoms with Crippen molar-refractivity contribution in [2.75, 3.05) is 18.1 Å². The topological polar surface area (TPSA) is 135 Å². The van der Waals surface area contributed by atoms with E-state index in [0.717, 1.165) is 35.4 Å². The van der Waals surface area contributed by atoms with E-state index in [1.807, 2.05) is 12.1 Å². The number of carbonyl (C=O) groups excluding carboxylic acids is 2. The number of carbonyl (C=O) groups is 2. The molecule has 3 N–H and O–H groups in total. The maximum Gasteiger partial charge on any atom is 0.324 e. The maximum atomic E-state index is 12.6. The monoisotopic (exact) mass is 501 g/mol. The Morgan fingerprint density at radius 1 is 1.32 bits per heavy atom. The smallest absolute Gasteiger partial charge is 0.324 e. The molecule has 2 atom stereocenters. The molecule has 9 nitrogen and oxygen atoms in total. The molecule has 0 spiro atoms. The van der Waals surface area contributed by atoms with Gasteiger partial charge >= 0.3 is 6.03 Å². The van der Waals surface area contributed by atoms with Crippen LogP contribution in [-0.2, 0) is 14.6 Å². The minimum absolute atomic E-state index is 0.197.